The molecule has 1 saturated carbocycles. The van der Waals surface area contributed by atoms with Gasteiger partial charge in [0.15, 0.2) is 0 Å². The van der Waals surface area contributed by atoms with Gasteiger partial charge in [-0.1, -0.05) is 6.08 Å². The first kappa shape index (κ1) is 18.6. The van der Waals surface area contributed by atoms with Gasteiger partial charge in [0.25, 0.3) is 0 Å². The Morgan fingerprint density at radius 2 is 1.67 bits per heavy atom. The summed E-state index contributed by atoms with van der Waals surface area (Å²) in [5, 5.41) is 0. The molecule has 1 aromatic rings. The van der Waals surface area contributed by atoms with Crippen LogP contribution in [-0.4, -0.2) is 12.3 Å². The molecule has 0 amide bonds. The average molecular weight is 346 g/mol. The minimum absolute atomic E-state index is 0.0251. The number of allylic oxidation sites excluding steroid dienone is 2. The molecule has 0 atom stereocenters. The Bertz CT molecular complexity index is 575. The molecule has 1 fully saturated rings. The van der Waals surface area contributed by atoms with Crippen molar-refractivity contribution in [1.29, 1.82) is 0 Å². The third kappa shape index (κ3) is 5.44. The Hall–Kier alpha value is -1.69. The summed E-state index contributed by atoms with van der Waals surface area (Å²) in [6, 6.07) is 2.02. The average Bonchev–Trinajstić information content (AvgIpc) is 2.51. The molecule has 0 spiro atoms. The van der Waals surface area contributed by atoms with E-state index in [9.17, 15) is 22.0 Å². The minimum atomic E-state index is -4.62. The molecule has 0 bridgehead atoms. The molecule has 2 rings (SSSR count). The number of halogens is 5. The lowest BCUT2D eigenvalue weighted by Gasteiger charge is -2.26. The summed E-state index contributed by atoms with van der Waals surface area (Å²) in [4.78, 5) is 0. The summed E-state index contributed by atoms with van der Waals surface area (Å²) in [6.07, 6.45) is 1.18. The van der Waals surface area contributed by atoms with E-state index in [2.05, 4.69) is 6.58 Å². The molecule has 0 radical (unpaired) electrons. The molecule has 0 unspecified atom stereocenters. The van der Waals surface area contributed by atoms with E-state index >= 15 is 0 Å². The summed E-state index contributed by atoms with van der Waals surface area (Å²) in [5.41, 5.74) is -0.442. The summed E-state index contributed by atoms with van der Waals surface area (Å²) in [7, 11) is 0. The maximum absolute atomic E-state index is 13.8. The predicted molar refractivity (Wildman–Crippen MR) is 82.2 cm³/mol. The first-order valence-electron chi connectivity index (χ1n) is 7.76. The molecule has 0 aliphatic heterocycles. The minimum Gasteiger partial charge on any atom is -0.374 e. The number of alkyl halides is 3. The number of benzene rings is 1. The number of rotatable bonds is 5. The van der Waals surface area contributed by atoms with Crippen LogP contribution in [0.25, 0.3) is 6.08 Å². The van der Waals surface area contributed by atoms with E-state index in [1.54, 1.807) is 0 Å². The molecule has 24 heavy (non-hydrogen) atoms. The largest absolute Gasteiger partial charge is 0.409 e. The quantitative estimate of drug-likeness (QED) is 0.483. The van der Waals surface area contributed by atoms with Crippen LogP contribution < -0.4 is 0 Å². The van der Waals surface area contributed by atoms with Crippen molar-refractivity contribution < 1.29 is 26.7 Å². The third-order valence-corrected chi connectivity index (χ3v) is 4.12. The molecular formula is C18H19F5O. The maximum atomic E-state index is 13.8. The van der Waals surface area contributed by atoms with Crippen LogP contribution in [-0.2, 0) is 11.3 Å². The second-order valence-electron chi connectivity index (χ2n) is 5.93. The van der Waals surface area contributed by atoms with Crippen LogP contribution in [0.5, 0.6) is 0 Å². The molecule has 1 aromatic carbocycles. The third-order valence-electron chi connectivity index (χ3n) is 4.12. The SMILES string of the molecule is C=CC1CCC(OCc2cc(F)c(/C=C/C(F)(F)F)c(F)c2)CC1. The van der Waals surface area contributed by atoms with Gasteiger partial charge in [0.2, 0.25) is 0 Å². The highest BCUT2D eigenvalue weighted by atomic mass is 19.4. The smallest absolute Gasteiger partial charge is 0.374 e. The van der Waals surface area contributed by atoms with Crippen molar-refractivity contribution >= 4 is 6.08 Å². The van der Waals surface area contributed by atoms with Crippen LogP contribution in [0, 0.1) is 17.6 Å². The van der Waals surface area contributed by atoms with Gasteiger partial charge in [-0.2, -0.15) is 13.2 Å². The van der Waals surface area contributed by atoms with E-state index in [1.165, 1.54) is 0 Å². The van der Waals surface area contributed by atoms with Crippen LogP contribution in [0.15, 0.2) is 30.9 Å². The van der Waals surface area contributed by atoms with Crippen molar-refractivity contribution in [3.63, 3.8) is 0 Å². The molecule has 1 nitrogen and oxygen atoms in total. The number of ether oxygens (including phenoxy) is 1. The fourth-order valence-electron chi connectivity index (χ4n) is 2.76. The Morgan fingerprint density at radius 1 is 1.08 bits per heavy atom. The van der Waals surface area contributed by atoms with Gasteiger partial charge in [-0.25, -0.2) is 8.78 Å². The van der Waals surface area contributed by atoms with Gasteiger partial charge in [0.1, 0.15) is 11.6 Å². The zero-order valence-corrected chi connectivity index (χ0v) is 13.1. The zero-order valence-electron chi connectivity index (χ0n) is 13.1. The number of hydrogen-bond acceptors (Lipinski definition) is 1. The normalized spacial score (nSPS) is 22.0. The van der Waals surface area contributed by atoms with Crippen LogP contribution in [0.3, 0.4) is 0 Å². The van der Waals surface area contributed by atoms with Crippen molar-refractivity contribution in [2.24, 2.45) is 5.92 Å². The Kier molecular flexibility index (Phi) is 6.15. The van der Waals surface area contributed by atoms with Crippen LogP contribution in [0.4, 0.5) is 22.0 Å². The van der Waals surface area contributed by atoms with Gasteiger partial charge in [-0.15, -0.1) is 6.58 Å². The summed E-state index contributed by atoms with van der Waals surface area (Å²) in [5.74, 6) is -1.59. The van der Waals surface area contributed by atoms with Gasteiger partial charge in [0.05, 0.1) is 12.7 Å². The first-order chi connectivity index (χ1) is 11.3. The monoisotopic (exact) mass is 346 g/mol. The highest BCUT2D eigenvalue weighted by Crippen LogP contribution is 2.28. The van der Waals surface area contributed by atoms with Gasteiger partial charge in [-0.05, 0) is 55.4 Å². The molecular weight excluding hydrogens is 327 g/mol. The predicted octanol–water partition coefficient (Wildman–Crippen LogP) is 5.80. The lowest BCUT2D eigenvalue weighted by Crippen LogP contribution is -2.20. The van der Waals surface area contributed by atoms with E-state index in [-0.39, 0.29) is 24.4 Å². The van der Waals surface area contributed by atoms with E-state index in [0.29, 0.717) is 12.0 Å². The van der Waals surface area contributed by atoms with Crippen LogP contribution >= 0.6 is 0 Å². The van der Waals surface area contributed by atoms with Crippen molar-refractivity contribution in [3.05, 3.63) is 53.6 Å². The molecule has 0 saturated heterocycles. The van der Waals surface area contributed by atoms with E-state index in [4.69, 9.17) is 4.74 Å². The lowest BCUT2D eigenvalue weighted by molar-refractivity contribution is -0.0790. The molecule has 0 heterocycles. The summed E-state index contributed by atoms with van der Waals surface area (Å²) in [6.45, 7) is 3.79. The van der Waals surface area contributed by atoms with Gasteiger partial charge < -0.3 is 4.74 Å². The molecule has 1 aliphatic carbocycles. The van der Waals surface area contributed by atoms with Gasteiger partial charge >= 0.3 is 6.18 Å². The second kappa shape index (κ2) is 7.92. The van der Waals surface area contributed by atoms with Crippen molar-refractivity contribution in [2.45, 2.75) is 44.6 Å². The van der Waals surface area contributed by atoms with E-state index < -0.39 is 23.4 Å². The number of hydrogen-bond donors (Lipinski definition) is 0. The van der Waals surface area contributed by atoms with Crippen LogP contribution in [0.1, 0.15) is 36.8 Å². The summed E-state index contributed by atoms with van der Waals surface area (Å²) < 4.78 is 69.6. The molecule has 6 heteroatoms. The molecule has 132 valence electrons. The Balaban J connectivity index is 1.98. The highest BCUT2D eigenvalue weighted by Gasteiger charge is 2.23. The Morgan fingerprint density at radius 3 is 2.17 bits per heavy atom. The topological polar surface area (TPSA) is 9.23 Å². The molecule has 1 aliphatic rings. The van der Waals surface area contributed by atoms with E-state index in [0.717, 1.165) is 37.8 Å². The Labute approximate surface area is 137 Å². The van der Waals surface area contributed by atoms with Crippen molar-refractivity contribution in [3.8, 4) is 0 Å². The zero-order chi connectivity index (χ0) is 17.7. The fourth-order valence-corrected chi connectivity index (χ4v) is 2.76. The van der Waals surface area contributed by atoms with Gasteiger partial charge in [-0.3, -0.25) is 0 Å². The highest BCUT2D eigenvalue weighted by molar-refractivity contribution is 5.52. The molecule has 0 N–H and O–H groups in total. The first-order valence-corrected chi connectivity index (χ1v) is 7.76. The van der Waals surface area contributed by atoms with Crippen molar-refractivity contribution in [1.82, 2.24) is 0 Å². The fraction of sp³-hybridized carbons (Fsp3) is 0.444. The maximum Gasteiger partial charge on any atom is 0.409 e. The standard InChI is InChI=1S/C18H19F5O/c1-2-12-3-5-14(6-4-12)24-11-13-9-16(19)15(17(20)10-13)7-8-18(21,22)23/h2,7-10,12,14H,1,3-6,11H2/b8-7+. The van der Waals surface area contributed by atoms with Crippen LogP contribution in [0.2, 0.25) is 0 Å². The van der Waals surface area contributed by atoms with Crippen molar-refractivity contribution in [2.75, 3.05) is 0 Å². The summed E-state index contributed by atoms with van der Waals surface area (Å²) >= 11 is 0. The van der Waals surface area contributed by atoms with E-state index in [1.807, 2.05) is 6.08 Å². The second-order valence-corrected chi connectivity index (χ2v) is 5.93. The molecule has 0 aromatic heterocycles. The van der Waals surface area contributed by atoms with Gasteiger partial charge in [0, 0.05) is 11.6 Å². The lowest BCUT2D eigenvalue weighted by atomic mass is 9.87.